The largest absolute Gasteiger partial charge is 0.337 e. The lowest BCUT2D eigenvalue weighted by molar-refractivity contribution is -0.127. The van der Waals surface area contributed by atoms with E-state index in [0.717, 1.165) is 26.2 Å². The number of piperazine rings is 1. The van der Waals surface area contributed by atoms with Gasteiger partial charge in [0.05, 0.1) is 0 Å². The summed E-state index contributed by atoms with van der Waals surface area (Å²) < 4.78 is 53.1. The molecule has 144 valence electrons. The van der Waals surface area contributed by atoms with Crippen LogP contribution < -0.4 is 0 Å². The Balaban J connectivity index is 1.64. The van der Waals surface area contributed by atoms with Crippen LogP contribution in [0.4, 0.5) is 8.78 Å². The van der Waals surface area contributed by atoms with Crippen LogP contribution in [0.1, 0.15) is 9.75 Å². The highest BCUT2D eigenvalue weighted by atomic mass is 32.2. The van der Waals surface area contributed by atoms with Crippen LogP contribution in [0.2, 0.25) is 0 Å². The van der Waals surface area contributed by atoms with Crippen LogP contribution in [0.25, 0.3) is 6.08 Å². The maximum absolute atomic E-state index is 13.9. The van der Waals surface area contributed by atoms with Gasteiger partial charge >= 0.3 is 0 Å². The van der Waals surface area contributed by atoms with E-state index >= 15 is 0 Å². The van der Waals surface area contributed by atoms with Crippen LogP contribution in [0.5, 0.6) is 0 Å². The molecule has 0 bridgehead atoms. The van der Waals surface area contributed by atoms with Gasteiger partial charge in [0.1, 0.15) is 16.5 Å². The zero-order valence-electron chi connectivity index (χ0n) is 14.6. The minimum absolute atomic E-state index is 0.0524. The van der Waals surface area contributed by atoms with Gasteiger partial charge in [-0.1, -0.05) is 0 Å². The molecule has 5 nitrogen and oxygen atoms in total. The first-order chi connectivity index (χ1) is 12.8. The highest BCUT2D eigenvalue weighted by molar-refractivity contribution is 7.89. The number of carbonyl (C=O) groups is 1. The third-order valence-corrected chi connectivity index (χ3v) is 7.11. The fourth-order valence-electron chi connectivity index (χ4n) is 2.77. The van der Waals surface area contributed by atoms with Gasteiger partial charge in [0.15, 0.2) is 0 Å². The Morgan fingerprint density at radius 1 is 1.11 bits per heavy atom. The van der Waals surface area contributed by atoms with Gasteiger partial charge in [0, 0.05) is 48.1 Å². The maximum Gasteiger partial charge on any atom is 0.246 e. The number of hydrogen-bond acceptors (Lipinski definition) is 4. The summed E-state index contributed by atoms with van der Waals surface area (Å²) in [5, 5.41) is 0. The number of rotatable bonds is 4. The molecule has 0 aliphatic carbocycles. The number of benzene rings is 1. The van der Waals surface area contributed by atoms with Crippen molar-refractivity contribution in [3.05, 3.63) is 57.8 Å². The Morgan fingerprint density at radius 3 is 2.41 bits per heavy atom. The highest BCUT2D eigenvalue weighted by Gasteiger charge is 2.31. The molecule has 0 unspecified atom stereocenters. The molecule has 9 heteroatoms. The van der Waals surface area contributed by atoms with E-state index in [1.165, 1.54) is 6.08 Å². The molecule has 2 heterocycles. The molecule has 1 amide bonds. The van der Waals surface area contributed by atoms with Crippen molar-refractivity contribution in [3.8, 4) is 0 Å². The van der Waals surface area contributed by atoms with E-state index in [0.29, 0.717) is 6.07 Å². The first-order valence-corrected chi connectivity index (χ1v) is 10.5. The van der Waals surface area contributed by atoms with Gasteiger partial charge in [0.25, 0.3) is 0 Å². The molecule has 1 aromatic heterocycles. The molecule has 2 aromatic rings. The highest BCUT2D eigenvalue weighted by Crippen LogP contribution is 2.22. The Hall–Kier alpha value is -2.10. The third-order valence-electron chi connectivity index (χ3n) is 4.21. The molecule has 0 spiro atoms. The summed E-state index contributed by atoms with van der Waals surface area (Å²) in [6, 6.07) is 6.26. The quantitative estimate of drug-likeness (QED) is 0.726. The first-order valence-electron chi connectivity index (χ1n) is 8.26. The van der Waals surface area contributed by atoms with Crippen LogP contribution in [0, 0.1) is 18.6 Å². The SMILES string of the molecule is Cc1ccc(/C=C/C(=O)N2CCN(S(=O)(=O)c3ccc(F)cc3F)CC2)s1. The molecule has 1 aromatic carbocycles. The van der Waals surface area contributed by atoms with E-state index in [1.807, 2.05) is 19.1 Å². The van der Waals surface area contributed by atoms with Crippen molar-refractivity contribution in [2.24, 2.45) is 0 Å². The molecule has 1 saturated heterocycles. The van der Waals surface area contributed by atoms with E-state index in [1.54, 1.807) is 22.3 Å². The van der Waals surface area contributed by atoms with Crippen LogP contribution in [0.15, 0.2) is 41.3 Å². The van der Waals surface area contributed by atoms with Crippen molar-refractivity contribution in [3.63, 3.8) is 0 Å². The second-order valence-electron chi connectivity index (χ2n) is 6.09. The van der Waals surface area contributed by atoms with Crippen molar-refractivity contribution in [1.82, 2.24) is 9.21 Å². The van der Waals surface area contributed by atoms with Gasteiger partial charge in [-0.3, -0.25) is 4.79 Å². The predicted molar refractivity (Wildman–Crippen MR) is 99.8 cm³/mol. The number of sulfonamides is 1. The molecule has 3 rings (SSSR count). The molecule has 1 aliphatic rings. The van der Waals surface area contributed by atoms with Crippen LogP contribution in [-0.2, 0) is 14.8 Å². The minimum Gasteiger partial charge on any atom is -0.337 e. The molecule has 0 N–H and O–H groups in total. The summed E-state index contributed by atoms with van der Waals surface area (Å²) in [6.45, 7) is 2.49. The molecule has 0 saturated carbocycles. The summed E-state index contributed by atoms with van der Waals surface area (Å²) in [5.74, 6) is -2.16. The van der Waals surface area contributed by atoms with E-state index in [-0.39, 0.29) is 32.1 Å². The number of amides is 1. The second kappa shape index (κ2) is 7.87. The molecule has 1 fully saturated rings. The van der Waals surface area contributed by atoms with Crippen molar-refractivity contribution in [1.29, 1.82) is 0 Å². The average molecular weight is 412 g/mol. The van der Waals surface area contributed by atoms with Crippen LogP contribution in [-0.4, -0.2) is 49.7 Å². The first kappa shape index (κ1) is 19.7. The number of nitrogens with zero attached hydrogens (tertiary/aromatic N) is 2. The van der Waals surface area contributed by atoms with Crippen molar-refractivity contribution < 1.29 is 22.0 Å². The molecule has 1 aliphatic heterocycles. The van der Waals surface area contributed by atoms with Crippen molar-refractivity contribution in [2.75, 3.05) is 26.2 Å². The maximum atomic E-state index is 13.9. The third kappa shape index (κ3) is 4.42. The minimum atomic E-state index is -4.07. The molecule has 27 heavy (non-hydrogen) atoms. The Kier molecular flexibility index (Phi) is 5.73. The van der Waals surface area contributed by atoms with E-state index in [4.69, 9.17) is 0 Å². The van der Waals surface area contributed by atoms with Gasteiger partial charge in [-0.25, -0.2) is 17.2 Å². The van der Waals surface area contributed by atoms with Crippen LogP contribution >= 0.6 is 11.3 Å². The zero-order chi connectivity index (χ0) is 19.6. The van der Waals surface area contributed by atoms with Gasteiger partial charge in [-0.05, 0) is 37.3 Å². The topological polar surface area (TPSA) is 57.7 Å². The number of carbonyl (C=O) groups excluding carboxylic acids is 1. The smallest absolute Gasteiger partial charge is 0.246 e. The summed E-state index contributed by atoms with van der Waals surface area (Å²) in [5.41, 5.74) is 0. The van der Waals surface area contributed by atoms with Gasteiger partial charge in [-0.2, -0.15) is 4.31 Å². The van der Waals surface area contributed by atoms with E-state index < -0.39 is 26.6 Å². The Bertz CT molecular complexity index is 978. The summed E-state index contributed by atoms with van der Waals surface area (Å²) in [7, 11) is -4.07. The standard InChI is InChI=1S/C18H18F2N2O3S2/c1-13-2-4-15(26-13)5-7-18(23)21-8-10-22(11-9-21)27(24,25)17-6-3-14(19)12-16(17)20/h2-7,12H,8-11H2,1H3/b7-5+. The molecule has 0 atom stereocenters. The second-order valence-corrected chi connectivity index (χ2v) is 9.31. The number of halogens is 2. The lowest BCUT2D eigenvalue weighted by Gasteiger charge is -2.33. The lowest BCUT2D eigenvalue weighted by atomic mass is 10.3. The normalized spacial score (nSPS) is 16.2. The summed E-state index contributed by atoms with van der Waals surface area (Å²) in [4.78, 5) is 15.4. The fourth-order valence-corrected chi connectivity index (χ4v) is 5.02. The van der Waals surface area contributed by atoms with Gasteiger partial charge < -0.3 is 4.90 Å². The van der Waals surface area contributed by atoms with Crippen LogP contribution in [0.3, 0.4) is 0 Å². The van der Waals surface area contributed by atoms with Gasteiger partial charge in [-0.15, -0.1) is 11.3 Å². The number of aryl methyl sites for hydroxylation is 1. The fraction of sp³-hybridized carbons (Fsp3) is 0.278. The summed E-state index contributed by atoms with van der Waals surface area (Å²) in [6.07, 6.45) is 3.20. The molecule has 0 radical (unpaired) electrons. The zero-order valence-corrected chi connectivity index (χ0v) is 16.2. The Morgan fingerprint density at radius 2 is 1.81 bits per heavy atom. The van der Waals surface area contributed by atoms with Crippen molar-refractivity contribution in [2.45, 2.75) is 11.8 Å². The van der Waals surface area contributed by atoms with Crippen molar-refractivity contribution >= 4 is 33.3 Å². The molecular formula is C18H18F2N2O3S2. The van der Waals surface area contributed by atoms with E-state index in [9.17, 15) is 22.0 Å². The molecular weight excluding hydrogens is 394 g/mol. The monoisotopic (exact) mass is 412 g/mol. The number of thiophene rings is 1. The lowest BCUT2D eigenvalue weighted by Crippen LogP contribution is -2.50. The predicted octanol–water partition coefficient (Wildman–Crippen LogP) is 2.88. The van der Waals surface area contributed by atoms with Gasteiger partial charge in [0.2, 0.25) is 15.9 Å². The summed E-state index contributed by atoms with van der Waals surface area (Å²) >= 11 is 1.57. The number of hydrogen-bond donors (Lipinski definition) is 0. The van der Waals surface area contributed by atoms with E-state index in [2.05, 4.69) is 0 Å². The Labute approximate surface area is 160 Å². The average Bonchev–Trinajstić information content (AvgIpc) is 3.05.